The molecule has 0 saturated carbocycles. The van der Waals surface area contributed by atoms with E-state index in [2.05, 4.69) is 25.1 Å². The molecule has 0 aromatic heterocycles. The maximum Gasteiger partial charge on any atom is 0.135 e. The Balaban J connectivity index is 2.43. The van der Waals surface area contributed by atoms with E-state index in [4.69, 9.17) is 4.74 Å². The van der Waals surface area contributed by atoms with E-state index >= 15 is 0 Å². The van der Waals surface area contributed by atoms with Gasteiger partial charge in [0.2, 0.25) is 0 Å². The predicted molar refractivity (Wildman–Crippen MR) is 59.2 cm³/mol. The van der Waals surface area contributed by atoms with Crippen molar-refractivity contribution in [1.82, 2.24) is 0 Å². The van der Waals surface area contributed by atoms with Gasteiger partial charge >= 0.3 is 0 Å². The normalized spacial score (nSPS) is 10.4. The molecule has 0 aliphatic heterocycles. The molecule has 2 aromatic rings. The van der Waals surface area contributed by atoms with Crippen LogP contribution in [0.1, 0.15) is 13.3 Å². The summed E-state index contributed by atoms with van der Waals surface area (Å²) < 4.78 is 5.54. The molecule has 71 valence electrons. The second kappa shape index (κ2) is 4.14. The molecule has 0 aliphatic carbocycles. The van der Waals surface area contributed by atoms with Gasteiger partial charge in [0.05, 0.1) is 0 Å². The van der Waals surface area contributed by atoms with Gasteiger partial charge in [0.15, 0.2) is 0 Å². The molecule has 0 amide bonds. The van der Waals surface area contributed by atoms with Crippen LogP contribution in [-0.2, 0) is 0 Å². The van der Waals surface area contributed by atoms with Crippen molar-refractivity contribution in [2.45, 2.75) is 13.3 Å². The lowest BCUT2D eigenvalue weighted by Crippen LogP contribution is -1.88. The van der Waals surface area contributed by atoms with E-state index in [1.807, 2.05) is 30.9 Å². The van der Waals surface area contributed by atoms with Crippen molar-refractivity contribution in [3.8, 4) is 5.75 Å². The number of fused-ring (bicyclic) bond motifs is 1. The molecule has 0 unspecified atom stereocenters. The smallest absolute Gasteiger partial charge is 0.135 e. The van der Waals surface area contributed by atoms with Gasteiger partial charge < -0.3 is 4.74 Å². The molecule has 2 aromatic carbocycles. The number of hydrogen-bond acceptors (Lipinski definition) is 1. The molecule has 0 atom stereocenters. The van der Waals surface area contributed by atoms with E-state index in [-0.39, 0.29) is 0 Å². The number of hydrogen-bond donors (Lipinski definition) is 0. The molecular weight excluding hydrogens is 172 g/mol. The first-order chi connectivity index (χ1) is 6.92. The van der Waals surface area contributed by atoms with Crippen molar-refractivity contribution >= 4 is 10.8 Å². The molecule has 0 fully saturated rings. The van der Waals surface area contributed by atoms with Crippen LogP contribution in [0.15, 0.2) is 42.5 Å². The fourth-order valence-electron chi connectivity index (χ4n) is 1.47. The lowest BCUT2D eigenvalue weighted by Gasteiger charge is -2.06. The summed E-state index contributed by atoms with van der Waals surface area (Å²) in [6.07, 6.45) is 0.920. The molecule has 0 aliphatic rings. The van der Waals surface area contributed by atoms with E-state index in [0.29, 0.717) is 0 Å². The van der Waals surface area contributed by atoms with Crippen LogP contribution in [-0.4, -0.2) is 0 Å². The summed E-state index contributed by atoms with van der Waals surface area (Å²) in [7, 11) is 0. The Kier molecular flexibility index (Phi) is 2.68. The van der Waals surface area contributed by atoms with Crippen LogP contribution in [0.25, 0.3) is 10.8 Å². The molecule has 0 saturated heterocycles. The maximum absolute atomic E-state index is 5.54. The Morgan fingerprint density at radius 1 is 1.07 bits per heavy atom. The first-order valence-electron chi connectivity index (χ1n) is 4.88. The maximum atomic E-state index is 5.54. The van der Waals surface area contributed by atoms with Crippen LogP contribution in [0.2, 0.25) is 0 Å². The van der Waals surface area contributed by atoms with Crippen molar-refractivity contribution in [3.63, 3.8) is 0 Å². The van der Waals surface area contributed by atoms with Crippen molar-refractivity contribution in [2.75, 3.05) is 0 Å². The Hall–Kier alpha value is -1.50. The number of ether oxygens (including phenoxy) is 1. The minimum absolute atomic E-state index is 0.920. The fourth-order valence-corrected chi connectivity index (χ4v) is 1.47. The van der Waals surface area contributed by atoms with Crippen LogP contribution in [0.5, 0.6) is 5.75 Å². The van der Waals surface area contributed by atoms with Gasteiger partial charge in [-0.1, -0.05) is 43.3 Å². The van der Waals surface area contributed by atoms with Crippen LogP contribution >= 0.6 is 0 Å². The standard InChI is InChI=1S/C13H13O/c1-2-10-14-13-9-5-7-11-6-3-4-8-12(11)13/h3-10H,2H2,1H3. The Labute approximate surface area is 84.3 Å². The lowest BCUT2D eigenvalue weighted by molar-refractivity contribution is 0.402. The first-order valence-corrected chi connectivity index (χ1v) is 4.88. The van der Waals surface area contributed by atoms with Gasteiger partial charge in [0, 0.05) is 5.39 Å². The zero-order valence-electron chi connectivity index (χ0n) is 8.23. The van der Waals surface area contributed by atoms with Crippen molar-refractivity contribution in [1.29, 1.82) is 0 Å². The molecule has 0 spiro atoms. The third-order valence-electron chi connectivity index (χ3n) is 2.13. The minimum atomic E-state index is 0.920. The summed E-state index contributed by atoms with van der Waals surface area (Å²) in [4.78, 5) is 0. The Morgan fingerprint density at radius 3 is 2.71 bits per heavy atom. The topological polar surface area (TPSA) is 9.23 Å². The van der Waals surface area contributed by atoms with Crippen molar-refractivity contribution in [2.24, 2.45) is 0 Å². The van der Waals surface area contributed by atoms with Crippen LogP contribution in [0.4, 0.5) is 0 Å². The summed E-state index contributed by atoms with van der Waals surface area (Å²) >= 11 is 0. The zero-order valence-corrected chi connectivity index (χ0v) is 8.23. The van der Waals surface area contributed by atoms with Gasteiger partial charge in [-0.3, -0.25) is 0 Å². The van der Waals surface area contributed by atoms with Crippen molar-refractivity contribution < 1.29 is 4.74 Å². The first kappa shape index (κ1) is 9.07. The third kappa shape index (κ3) is 1.72. The quantitative estimate of drug-likeness (QED) is 0.706. The monoisotopic (exact) mass is 185 g/mol. The van der Waals surface area contributed by atoms with Crippen LogP contribution in [0.3, 0.4) is 0 Å². The van der Waals surface area contributed by atoms with Gasteiger partial charge in [0.25, 0.3) is 0 Å². The largest absolute Gasteiger partial charge is 0.486 e. The van der Waals surface area contributed by atoms with E-state index in [1.165, 1.54) is 10.8 Å². The van der Waals surface area contributed by atoms with Gasteiger partial charge in [-0.05, 0) is 17.9 Å². The SMILES string of the molecule is CC[CH]Oc1cccc2ccccc12. The van der Waals surface area contributed by atoms with Crippen molar-refractivity contribution in [3.05, 3.63) is 49.1 Å². The van der Waals surface area contributed by atoms with E-state index in [9.17, 15) is 0 Å². The summed E-state index contributed by atoms with van der Waals surface area (Å²) in [6, 6.07) is 14.3. The lowest BCUT2D eigenvalue weighted by atomic mass is 10.1. The van der Waals surface area contributed by atoms with E-state index < -0.39 is 0 Å². The average molecular weight is 185 g/mol. The molecule has 0 heterocycles. The molecule has 14 heavy (non-hydrogen) atoms. The summed E-state index contributed by atoms with van der Waals surface area (Å²) in [6.45, 7) is 3.88. The minimum Gasteiger partial charge on any atom is -0.486 e. The Bertz CT molecular complexity index is 415. The van der Waals surface area contributed by atoms with Gasteiger partial charge in [-0.15, -0.1) is 0 Å². The van der Waals surface area contributed by atoms with E-state index in [1.54, 1.807) is 0 Å². The Morgan fingerprint density at radius 2 is 1.86 bits per heavy atom. The van der Waals surface area contributed by atoms with E-state index in [0.717, 1.165) is 12.2 Å². The van der Waals surface area contributed by atoms with Gasteiger partial charge in [-0.25, -0.2) is 0 Å². The highest BCUT2D eigenvalue weighted by Crippen LogP contribution is 2.25. The molecule has 2 rings (SSSR count). The van der Waals surface area contributed by atoms with Gasteiger partial charge in [0.1, 0.15) is 12.4 Å². The average Bonchev–Trinajstić information content (AvgIpc) is 2.26. The second-order valence-electron chi connectivity index (χ2n) is 3.17. The molecule has 1 heteroatoms. The molecule has 1 nitrogen and oxygen atoms in total. The fraction of sp³-hybridized carbons (Fsp3) is 0.154. The highest BCUT2D eigenvalue weighted by atomic mass is 16.5. The van der Waals surface area contributed by atoms with Crippen LogP contribution in [0, 0.1) is 6.61 Å². The highest BCUT2D eigenvalue weighted by molar-refractivity contribution is 5.88. The summed E-state index contributed by atoms with van der Waals surface area (Å²) in [5.41, 5.74) is 0. The third-order valence-corrected chi connectivity index (χ3v) is 2.13. The molecular formula is C13H13O. The zero-order chi connectivity index (χ0) is 9.80. The second-order valence-corrected chi connectivity index (χ2v) is 3.17. The molecule has 0 N–H and O–H groups in total. The van der Waals surface area contributed by atoms with Gasteiger partial charge in [-0.2, -0.15) is 0 Å². The van der Waals surface area contributed by atoms with Crippen LogP contribution < -0.4 is 4.74 Å². The predicted octanol–water partition coefficient (Wildman–Crippen LogP) is 3.79. The summed E-state index contributed by atoms with van der Waals surface area (Å²) in [5, 5.41) is 2.38. The molecule has 0 bridgehead atoms. The summed E-state index contributed by atoms with van der Waals surface area (Å²) in [5.74, 6) is 0.935. The number of benzene rings is 2. The number of rotatable bonds is 3. The molecule has 1 radical (unpaired) electrons. The highest BCUT2D eigenvalue weighted by Gasteiger charge is 1.99.